The molecule has 31 heavy (non-hydrogen) atoms. The maximum absolute atomic E-state index is 12.9. The van der Waals surface area contributed by atoms with Gasteiger partial charge in [0.05, 0.1) is 19.9 Å². The highest BCUT2D eigenvalue weighted by Gasteiger charge is 2.18. The summed E-state index contributed by atoms with van der Waals surface area (Å²) in [7, 11) is 3.04. The maximum Gasteiger partial charge on any atom is 0.263 e. The number of hydrogen-bond donors (Lipinski definition) is 2. The molecule has 1 amide bonds. The van der Waals surface area contributed by atoms with Crippen molar-refractivity contribution in [3.8, 4) is 22.8 Å². The molecule has 0 unspecified atom stereocenters. The Morgan fingerprint density at radius 1 is 0.935 bits per heavy atom. The summed E-state index contributed by atoms with van der Waals surface area (Å²) in [6.07, 6.45) is 3.48. The van der Waals surface area contributed by atoms with Gasteiger partial charge in [-0.1, -0.05) is 12.1 Å². The number of anilines is 3. The van der Waals surface area contributed by atoms with Crippen molar-refractivity contribution in [1.29, 1.82) is 0 Å². The minimum absolute atomic E-state index is 0.319. The van der Waals surface area contributed by atoms with Crippen LogP contribution in [0.4, 0.5) is 16.5 Å². The monoisotopic (exact) mass is 432 g/mol. The number of ether oxygens (including phenoxy) is 2. The number of rotatable bonds is 7. The molecule has 2 aromatic heterocycles. The van der Waals surface area contributed by atoms with Crippen LogP contribution < -0.4 is 20.1 Å². The molecule has 0 radical (unpaired) electrons. The Bertz CT molecular complexity index is 1170. The second-order valence-electron chi connectivity index (χ2n) is 6.47. The summed E-state index contributed by atoms with van der Waals surface area (Å²) in [6.45, 7) is 0. The molecule has 0 saturated carbocycles. The van der Waals surface area contributed by atoms with Gasteiger partial charge in [0.25, 0.3) is 5.91 Å². The van der Waals surface area contributed by atoms with Crippen molar-refractivity contribution in [3.05, 3.63) is 77.9 Å². The second-order valence-corrected chi connectivity index (χ2v) is 7.33. The van der Waals surface area contributed by atoms with E-state index in [0.29, 0.717) is 22.7 Å². The molecule has 4 rings (SSSR count). The highest BCUT2D eigenvalue weighted by molar-refractivity contribution is 7.14. The molecule has 0 aliphatic rings. The number of methoxy groups -OCH3 is 2. The number of pyridine rings is 1. The highest BCUT2D eigenvalue weighted by Crippen LogP contribution is 2.30. The first-order valence-electron chi connectivity index (χ1n) is 9.43. The number of benzene rings is 2. The predicted octanol–water partition coefficient (Wildman–Crippen LogP) is 5.22. The number of thiazole rings is 1. The molecule has 7 nitrogen and oxygen atoms in total. The highest BCUT2D eigenvalue weighted by atomic mass is 32.1. The lowest BCUT2D eigenvalue weighted by molar-refractivity contribution is 0.102. The van der Waals surface area contributed by atoms with E-state index in [4.69, 9.17) is 9.47 Å². The molecule has 0 saturated heterocycles. The molecule has 0 bridgehead atoms. The molecular weight excluding hydrogens is 412 g/mol. The standard InChI is InChI=1S/C23H20N4O3S/c1-29-19-7-4-8-20(30-2)21(19)22(28)25-16-5-3-6-17(13-16)26-23-27-18(14-31-23)15-9-11-24-12-10-15/h3-14H,1-2H3,(H,25,28)(H,26,27). The zero-order valence-corrected chi connectivity index (χ0v) is 17.8. The van der Waals surface area contributed by atoms with E-state index in [0.717, 1.165) is 22.1 Å². The number of amides is 1. The van der Waals surface area contributed by atoms with Gasteiger partial charge in [0.1, 0.15) is 17.1 Å². The third-order valence-corrected chi connectivity index (χ3v) is 5.26. The second kappa shape index (κ2) is 9.27. The van der Waals surface area contributed by atoms with Crippen LogP contribution >= 0.6 is 11.3 Å². The first kappa shape index (κ1) is 20.4. The normalized spacial score (nSPS) is 10.4. The van der Waals surface area contributed by atoms with Crippen molar-refractivity contribution in [1.82, 2.24) is 9.97 Å². The van der Waals surface area contributed by atoms with Crippen molar-refractivity contribution in [2.24, 2.45) is 0 Å². The molecule has 0 aliphatic heterocycles. The summed E-state index contributed by atoms with van der Waals surface area (Å²) in [6, 6.07) is 16.5. The Morgan fingerprint density at radius 3 is 2.32 bits per heavy atom. The van der Waals surface area contributed by atoms with Gasteiger partial charge in [0.2, 0.25) is 0 Å². The Labute approximate surface area is 183 Å². The molecule has 0 atom stereocenters. The Kier molecular flexibility index (Phi) is 6.09. The molecule has 0 spiro atoms. The van der Waals surface area contributed by atoms with E-state index in [9.17, 15) is 4.79 Å². The van der Waals surface area contributed by atoms with Gasteiger partial charge in [-0.15, -0.1) is 11.3 Å². The number of nitrogens with one attached hydrogen (secondary N) is 2. The average molecular weight is 433 g/mol. The molecule has 2 aromatic carbocycles. The van der Waals surface area contributed by atoms with Gasteiger partial charge in [0.15, 0.2) is 5.13 Å². The molecule has 0 aliphatic carbocycles. The van der Waals surface area contributed by atoms with E-state index in [1.165, 1.54) is 25.6 Å². The number of carbonyl (C=O) groups is 1. The Hall–Kier alpha value is -3.91. The van der Waals surface area contributed by atoms with Crippen molar-refractivity contribution < 1.29 is 14.3 Å². The Morgan fingerprint density at radius 2 is 1.61 bits per heavy atom. The molecule has 2 heterocycles. The van der Waals surface area contributed by atoms with Crippen LogP contribution in [0.15, 0.2) is 72.4 Å². The van der Waals surface area contributed by atoms with Gasteiger partial charge in [-0.05, 0) is 42.5 Å². The van der Waals surface area contributed by atoms with Crippen molar-refractivity contribution in [2.45, 2.75) is 0 Å². The van der Waals surface area contributed by atoms with Crippen molar-refractivity contribution in [3.63, 3.8) is 0 Å². The van der Waals surface area contributed by atoms with Crippen LogP contribution in [0.5, 0.6) is 11.5 Å². The quantitative estimate of drug-likeness (QED) is 0.417. The van der Waals surface area contributed by atoms with Gasteiger partial charge in [-0.25, -0.2) is 4.98 Å². The van der Waals surface area contributed by atoms with E-state index in [2.05, 4.69) is 20.6 Å². The molecule has 4 aromatic rings. The van der Waals surface area contributed by atoms with E-state index in [1.807, 2.05) is 41.8 Å². The summed E-state index contributed by atoms with van der Waals surface area (Å²) in [5.41, 5.74) is 3.66. The fourth-order valence-electron chi connectivity index (χ4n) is 3.05. The summed E-state index contributed by atoms with van der Waals surface area (Å²) in [5.74, 6) is 0.566. The molecular formula is C23H20N4O3S. The summed E-state index contributed by atoms with van der Waals surface area (Å²) in [5, 5.41) is 8.92. The molecule has 8 heteroatoms. The minimum Gasteiger partial charge on any atom is -0.496 e. The number of aromatic nitrogens is 2. The molecule has 0 fully saturated rings. The van der Waals surface area contributed by atoms with E-state index in [1.54, 1.807) is 30.6 Å². The topological polar surface area (TPSA) is 85.4 Å². The van der Waals surface area contributed by atoms with Crippen molar-refractivity contribution >= 4 is 33.8 Å². The third kappa shape index (κ3) is 4.65. The van der Waals surface area contributed by atoms with Gasteiger partial charge >= 0.3 is 0 Å². The fraction of sp³-hybridized carbons (Fsp3) is 0.0870. The van der Waals surface area contributed by atoms with Crippen LogP contribution in [0, 0.1) is 0 Å². The van der Waals surface area contributed by atoms with E-state index in [-0.39, 0.29) is 5.91 Å². The van der Waals surface area contributed by atoms with Crippen LogP contribution in [0.1, 0.15) is 10.4 Å². The van der Waals surface area contributed by atoms with Gasteiger partial charge in [0, 0.05) is 34.7 Å². The van der Waals surface area contributed by atoms with Crippen LogP contribution in [-0.2, 0) is 0 Å². The zero-order chi connectivity index (χ0) is 21.6. The average Bonchev–Trinajstić information content (AvgIpc) is 3.27. The lowest BCUT2D eigenvalue weighted by Gasteiger charge is -2.13. The van der Waals surface area contributed by atoms with Crippen LogP contribution in [0.2, 0.25) is 0 Å². The van der Waals surface area contributed by atoms with Gasteiger partial charge in [-0.2, -0.15) is 0 Å². The smallest absolute Gasteiger partial charge is 0.263 e. The lowest BCUT2D eigenvalue weighted by atomic mass is 10.1. The van der Waals surface area contributed by atoms with Crippen molar-refractivity contribution in [2.75, 3.05) is 24.9 Å². The van der Waals surface area contributed by atoms with Gasteiger partial charge < -0.3 is 20.1 Å². The van der Waals surface area contributed by atoms with E-state index < -0.39 is 0 Å². The summed E-state index contributed by atoms with van der Waals surface area (Å²) in [4.78, 5) is 21.5. The molecule has 2 N–H and O–H groups in total. The Balaban J connectivity index is 1.51. The summed E-state index contributed by atoms with van der Waals surface area (Å²) < 4.78 is 10.6. The summed E-state index contributed by atoms with van der Waals surface area (Å²) >= 11 is 1.50. The van der Waals surface area contributed by atoms with Crippen LogP contribution in [0.3, 0.4) is 0 Å². The number of hydrogen-bond acceptors (Lipinski definition) is 7. The minimum atomic E-state index is -0.319. The van der Waals surface area contributed by atoms with Crippen LogP contribution in [-0.4, -0.2) is 30.1 Å². The largest absolute Gasteiger partial charge is 0.496 e. The lowest BCUT2D eigenvalue weighted by Crippen LogP contribution is -2.14. The van der Waals surface area contributed by atoms with E-state index >= 15 is 0 Å². The maximum atomic E-state index is 12.9. The number of nitrogens with zero attached hydrogens (tertiary/aromatic N) is 2. The number of carbonyl (C=O) groups excluding carboxylic acids is 1. The fourth-order valence-corrected chi connectivity index (χ4v) is 3.79. The third-order valence-electron chi connectivity index (χ3n) is 4.51. The first-order valence-corrected chi connectivity index (χ1v) is 10.3. The van der Waals surface area contributed by atoms with Gasteiger partial charge in [-0.3, -0.25) is 9.78 Å². The molecule has 156 valence electrons. The zero-order valence-electron chi connectivity index (χ0n) is 17.0. The predicted molar refractivity (Wildman–Crippen MR) is 123 cm³/mol. The first-order chi connectivity index (χ1) is 15.2. The SMILES string of the molecule is COc1cccc(OC)c1C(=O)Nc1cccc(Nc2nc(-c3ccncc3)cs2)c1. The van der Waals surface area contributed by atoms with Crippen LogP contribution in [0.25, 0.3) is 11.3 Å².